The van der Waals surface area contributed by atoms with Gasteiger partial charge < -0.3 is 34.9 Å². The summed E-state index contributed by atoms with van der Waals surface area (Å²) in [5.41, 5.74) is 8.12. The molecule has 5 aromatic rings. The normalized spacial score (nSPS) is 23.3. The summed E-state index contributed by atoms with van der Waals surface area (Å²) in [6.07, 6.45) is 5.39. The summed E-state index contributed by atoms with van der Waals surface area (Å²) in [6.45, 7) is 9.78. The zero-order valence-corrected chi connectivity index (χ0v) is 41.8. The molecule has 1 aromatic heterocycles. The standard InChI is InChI=1S/C54H62ClF2N9O6/c1-32-46-43(28-39(56)49(55)48(46)47-38(51(58)68)14-16-42(71-3)50(47)57)72-54(32,35-7-5-4-6-8-35)31-59-36-11-9-34(10-12-36)52(69)65-20-17-33(18-21-65)29-63-23-25-64(26-24-63)30-44-60-40-27-37(13-15-41(40)62(44)2)66-22-19-45(67)61-53(66)70/h4-8,13-16,27-28,32-34,36,59H,9-12,17-26,29-31H2,1-3H3,(H2,58,68)(H,61,67,70)/t32-,34?,36?,54-/m0/s1. The fraction of sp³-hybridized carbons (Fsp3) is 0.463. The molecular weight excluding hydrogens is 944 g/mol. The number of carbonyl (C=O) groups is 4. The molecular formula is C54H62ClF2N9O6. The number of benzene rings is 4. The number of urea groups is 1. The molecule has 4 aromatic carbocycles. The highest BCUT2D eigenvalue weighted by molar-refractivity contribution is 6.34. The first-order valence-electron chi connectivity index (χ1n) is 25.2. The second-order valence-corrected chi connectivity index (χ2v) is 20.6. The summed E-state index contributed by atoms with van der Waals surface area (Å²) < 4.78 is 46.2. The first kappa shape index (κ1) is 49.4. The predicted octanol–water partition coefficient (Wildman–Crippen LogP) is 7.32. The van der Waals surface area contributed by atoms with Crippen LogP contribution in [0.3, 0.4) is 0 Å². The Bertz CT molecular complexity index is 2900. The molecule has 72 heavy (non-hydrogen) atoms. The number of ether oxygens (including phenoxy) is 2. The number of anilines is 1. The van der Waals surface area contributed by atoms with Crippen LogP contribution >= 0.6 is 11.6 Å². The second-order valence-electron chi connectivity index (χ2n) is 20.2. The molecule has 10 rings (SSSR count). The maximum absolute atomic E-state index is 16.2. The Morgan fingerprint density at radius 3 is 2.33 bits per heavy atom. The maximum atomic E-state index is 16.2. The van der Waals surface area contributed by atoms with Gasteiger partial charge in [-0.1, -0.05) is 48.9 Å². The van der Waals surface area contributed by atoms with Crippen LogP contribution in [-0.4, -0.2) is 120 Å². The number of primary amides is 1. The van der Waals surface area contributed by atoms with Gasteiger partial charge in [0.1, 0.15) is 17.4 Å². The van der Waals surface area contributed by atoms with Crippen molar-refractivity contribution in [2.75, 3.05) is 70.9 Å². The minimum absolute atomic E-state index is 0.00102. The van der Waals surface area contributed by atoms with Crippen LogP contribution in [0.25, 0.3) is 22.2 Å². The predicted molar refractivity (Wildman–Crippen MR) is 270 cm³/mol. The lowest BCUT2D eigenvalue weighted by atomic mass is 9.77. The number of piperidine rings is 1. The Balaban J connectivity index is 0.712. The van der Waals surface area contributed by atoms with E-state index >= 15 is 8.78 Å². The van der Waals surface area contributed by atoms with Crippen molar-refractivity contribution >= 4 is 52.1 Å². The molecule has 1 saturated carbocycles. The number of hydrogen-bond donors (Lipinski definition) is 3. The van der Waals surface area contributed by atoms with Gasteiger partial charge in [0.25, 0.3) is 0 Å². The number of halogens is 3. The van der Waals surface area contributed by atoms with Crippen LogP contribution in [0.5, 0.6) is 11.5 Å². The number of aromatic nitrogens is 2. The van der Waals surface area contributed by atoms with Gasteiger partial charge in [-0.15, -0.1) is 0 Å². The van der Waals surface area contributed by atoms with Crippen LogP contribution < -0.4 is 30.7 Å². The fourth-order valence-electron chi connectivity index (χ4n) is 11.9. The van der Waals surface area contributed by atoms with Crippen molar-refractivity contribution in [3.05, 3.63) is 106 Å². The van der Waals surface area contributed by atoms with E-state index in [4.69, 9.17) is 31.8 Å². The van der Waals surface area contributed by atoms with E-state index in [2.05, 4.69) is 29.9 Å². The monoisotopic (exact) mass is 1010 g/mol. The highest BCUT2D eigenvalue weighted by Gasteiger charge is 2.50. The molecule has 5 heterocycles. The molecule has 5 aliphatic rings. The molecule has 0 spiro atoms. The average Bonchev–Trinajstić information content (AvgIpc) is 3.85. The molecule has 0 unspecified atom stereocenters. The second kappa shape index (κ2) is 20.4. The number of hydrogen-bond acceptors (Lipinski definition) is 10. The lowest BCUT2D eigenvalue weighted by Gasteiger charge is -2.40. The van der Waals surface area contributed by atoms with Gasteiger partial charge >= 0.3 is 6.03 Å². The van der Waals surface area contributed by atoms with Crippen LogP contribution in [0.2, 0.25) is 5.02 Å². The van der Waals surface area contributed by atoms with Gasteiger partial charge in [0.15, 0.2) is 17.2 Å². The van der Waals surface area contributed by atoms with E-state index in [1.807, 2.05) is 62.5 Å². The number of nitrogens with zero attached hydrogens (tertiary/aromatic N) is 6. The van der Waals surface area contributed by atoms with Gasteiger partial charge in [-0.25, -0.2) is 18.6 Å². The summed E-state index contributed by atoms with van der Waals surface area (Å²) in [4.78, 5) is 64.4. The highest BCUT2D eigenvalue weighted by Crippen LogP contribution is 2.56. The topological polar surface area (TPSA) is 168 Å². The maximum Gasteiger partial charge on any atom is 0.328 e. The summed E-state index contributed by atoms with van der Waals surface area (Å²) in [7, 11) is 3.33. The molecule has 4 fully saturated rings. The third kappa shape index (κ3) is 9.40. The lowest BCUT2D eigenvalue weighted by molar-refractivity contribution is -0.138. The fourth-order valence-corrected chi connectivity index (χ4v) is 12.1. The van der Waals surface area contributed by atoms with Crippen LogP contribution in [-0.2, 0) is 28.8 Å². The number of likely N-dealkylation sites (tertiary alicyclic amines) is 1. The Morgan fingerprint density at radius 1 is 0.917 bits per heavy atom. The van der Waals surface area contributed by atoms with Crippen molar-refractivity contribution in [2.45, 2.75) is 76.0 Å². The SMILES string of the molecule is COc1ccc(C(N)=O)c(-c2c(Cl)c(F)cc3c2[C@H](C)[C@@](CNC2CCC(C(=O)N4CCC(CN5CCN(Cc6nc7cc(N8CCC(=O)NC8=O)ccc7n6C)CC5)CC4)CC2)(c2ccccc2)O3)c1F. The Kier molecular flexibility index (Phi) is 14.0. The minimum Gasteiger partial charge on any atom is -0.494 e. The number of nitrogens with two attached hydrogens (primary N) is 1. The number of amides is 5. The van der Waals surface area contributed by atoms with Gasteiger partial charge in [-0.05, 0) is 80.3 Å². The van der Waals surface area contributed by atoms with Gasteiger partial charge in [-0.3, -0.25) is 29.5 Å². The molecule has 15 nitrogen and oxygen atoms in total. The Hall–Kier alpha value is -6.14. The van der Waals surface area contributed by atoms with E-state index in [9.17, 15) is 19.2 Å². The molecule has 0 radical (unpaired) electrons. The third-order valence-electron chi connectivity index (χ3n) is 16.1. The summed E-state index contributed by atoms with van der Waals surface area (Å²) >= 11 is 6.71. The number of imidazole rings is 1. The lowest BCUT2D eigenvalue weighted by Crippen LogP contribution is -2.50. The first-order chi connectivity index (χ1) is 34.7. The molecule has 18 heteroatoms. The molecule has 3 saturated heterocycles. The number of piperazine rings is 1. The van der Waals surface area contributed by atoms with Gasteiger partial charge in [0.2, 0.25) is 17.7 Å². The van der Waals surface area contributed by atoms with Gasteiger partial charge in [-0.2, -0.15) is 0 Å². The minimum atomic E-state index is -1.06. The molecule has 4 N–H and O–H groups in total. The Labute approximate surface area is 422 Å². The van der Waals surface area contributed by atoms with Crippen LogP contribution in [0, 0.1) is 23.5 Å². The summed E-state index contributed by atoms with van der Waals surface area (Å²) in [5, 5.41) is 5.80. The summed E-state index contributed by atoms with van der Waals surface area (Å²) in [6, 6.07) is 19.0. The molecule has 380 valence electrons. The van der Waals surface area contributed by atoms with E-state index in [1.165, 1.54) is 25.3 Å². The quantitative estimate of drug-likeness (QED) is 0.109. The van der Waals surface area contributed by atoms with E-state index in [1.54, 1.807) is 4.90 Å². The van der Waals surface area contributed by atoms with E-state index in [-0.39, 0.29) is 63.4 Å². The molecule has 2 atom stereocenters. The van der Waals surface area contributed by atoms with Crippen molar-refractivity contribution in [1.82, 2.24) is 34.9 Å². The Morgan fingerprint density at radius 2 is 1.64 bits per heavy atom. The molecule has 4 aliphatic heterocycles. The molecule has 5 amide bonds. The number of imide groups is 1. The van der Waals surface area contributed by atoms with E-state index in [0.717, 1.165) is 119 Å². The highest BCUT2D eigenvalue weighted by atomic mass is 35.5. The van der Waals surface area contributed by atoms with Crippen molar-refractivity contribution in [3.63, 3.8) is 0 Å². The molecule has 0 bridgehead atoms. The van der Waals surface area contributed by atoms with Gasteiger partial charge in [0.05, 0.1) is 35.3 Å². The van der Waals surface area contributed by atoms with Crippen LogP contribution in [0.1, 0.15) is 85.1 Å². The number of nitrogens with one attached hydrogen (secondary N) is 2. The van der Waals surface area contributed by atoms with Crippen LogP contribution in [0.15, 0.2) is 66.7 Å². The number of fused-ring (bicyclic) bond motifs is 2. The van der Waals surface area contributed by atoms with Crippen molar-refractivity contribution in [1.29, 1.82) is 0 Å². The number of rotatable bonds is 13. The zero-order valence-electron chi connectivity index (χ0n) is 41.0. The smallest absolute Gasteiger partial charge is 0.328 e. The van der Waals surface area contributed by atoms with Crippen molar-refractivity contribution in [3.8, 4) is 22.6 Å². The average molecular weight is 1010 g/mol. The van der Waals surface area contributed by atoms with Crippen molar-refractivity contribution < 1.29 is 37.4 Å². The summed E-state index contributed by atoms with van der Waals surface area (Å²) in [5.74, 6) is -1.59. The van der Waals surface area contributed by atoms with Crippen LogP contribution in [0.4, 0.5) is 19.3 Å². The number of aryl methyl sites for hydroxylation is 1. The number of carbonyl (C=O) groups excluding carboxylic acids is 4. The van der Waals surface area contributed by atoms with Gasteiger partial charge in [0, 0.05) is 119 Å². The van der Waals surface area contributed by atoms with Crippen molar-refractivity contribution in [2.24, 2.45) is 24.6 Å². The number of methoxy groups -OCH3 is 1. The molecule has 1 aliphatic carbocycles. The van der Waals surface area contributed by atoms with E-state index in [0.29, 0.717) is 24.6 Å². The largest absolute Gasteiger partial charge is 0.494 e. The van der Waals surface area contributed by atoms with E-state index < -0.39 is 35.1 Å². The zero-order chi connectivity index (χ0) is 50.4. The third-order valence-corrected chi connectivity index (χ3v) is 16.4. The first-order valence-corrected chi connectivity index (χ1v) is 25.6.